The van der Waals surface area contributed by atoms with Crippen molar-refractivity contribution in [1.29, 1.82) is 0 Å². The molecule has 0 amide bonds. The number of aromatic nitrogens is 2. The van der Waals surface area contributed by atoms with E-state index in [0.29, 0.717) is 10.8 Å². The summed E-state index contributed by atoms with van der Waals surface area (Å²) in [5.74, 6) is 1.47. The Balaban J connectivity index is 2.36. The summed E-state index contributed by atoms with van der Waals surface area (Å²) in [6, 6.07) is 5.64. The van der Waals surface area contributed by atoms with Crippen LogP contribution in [0, 0.1) is 0 Å². The normalized spacial score (nSPS) is 10.5. The second kappa shape index (κ2) is 6.68. The predicted octanol–water partition coefficient (Wildman–Crippen LogP) is 5.14. The average molecular weight is 406 g/mol. The van der Waals surface area contributed by atoms with Gasteiger partial charge in [0.15, 0.2) is 5.82 Å². The van der Waals surface area contributed by atoms with E-state index in [0.717, 1.165) is 33.3 Å². The van der Waals surface area contributed by atoms with E-state index in [9.17, 15) is 0 Å². The van der Waals surface area contributed by atoms with Crippen LogP contribution in [0.2, 0.25) is 5.02 Å². The zero-order chi connectivity index (χ0) is 13.8. The van der Waals surface area contributed by atoms with Gasteiger partial charge in [-0.25, -0.2) is 9.97 Å². The van der Waals surface area contributed by atoms with E-state index in [1.54, 1.807) is 6.20 Å². The smallest absolute Gasteiger partial charge is 0.161 e. The fourth-order valence-corrected chi connectivity index (χ4v) is 2.34. The third-order valence-corrected chi connectivity index (χ3v) is 4.26. The maximum atomic E-state index is 5.99. The van der Waals surface area contributed by atoms with Gasteiger partial charge in [0.05, 0.1) is 9.50 Å². The van der Waals surface area contributed by atoms with Gasteiger partial charge in [0.1, 0.15) is 5.82 Å². The Morgan fingerprint density at radius 1 is 1.26 bits per heavy atom. The van der Waals surface area contributed by atoms with Crippen LogP contribution < -0.4 is 5.32 Å². The molecule has 1 aromatic carbocycles. The molecule has 0 saturated heterocycles. The molecule has 19 heavy (non-hydrogen) atoms. The molecular formula is C13H12Br2ClN3. The van der Waals surface area contributed by atoms with E-state index in [1.807, 2.05) is 18.2 Å². The number of hydrogen-bond donors (Lipinski definition) is 1. The highest BCUT2D eigenvalue weighted by molar-refractivity contribution is 9.11. The van der Waals surface area contributed by atoms with Crippen LogP contribution in [0.5, 0.6) is 0 Å². The van der Waals surface area contributed by atoms with Gasteiger partial charge in [0.2, 0.25) is 0 Å². The Morgan fingerprint density at radius 2 is 2.05 bits per heavy atom. The number of nitrogens with one attached hydrogen (secondary N) is 1. The second-order valence-corrected chi connectivity index (χ2v) is 6.06. The van der Waals surface area contributed by atoms with Crippen molar-refractivity contribution < 1.29 is 0 Å². The van der Waals surface area contributed by atoms with E-state index in [-0.39, 0.29) is 0 Å². The Labute approximate surface area is 134 Å². The minimum Gasteiger partial charge on any atom is -0.369 e. The highest BCUT2D eigenvalue weighted by Crippen LogP contribution is 2.29. The first-order valence-corrected chi connectivity index (χ1v) is 7.80. The number of rotatable bonds is 4. The zero-order valence-electron chi connectivity index (χ0n) is 10.3. The lowest BCUT2D eigenvalue weighted by Crippen LogP contribution is -2.04. The van der Waals surface area contributed by atoms with Crippen molar-refractivity contribution in [3.8, 4) is 11.4 Å². The van der Waals surface area contributed by atoms with Gasteiger partial charge in [-0.05, 0) is 56.5 Å². The van der Waals surface area contributed by atoms with Gasteiger partial charge in [-0.15, -0.1) is 0 Å². The van der Waals surface area contributed by atoms with Crippen molar-refractivity contribution in [3.05, 3.63) is 38.4 Å². The molecule has 0 unspecified atom stereocenters. The molecule has 0 aliphatic carbocycles. The van der Waals surface area contributed by atoms with Crippen LogP contribution >= 0.6 is 43.5 Å². The molecule has 1 N–H and O–H groups in total. The standard InChI is InChI=1S/C13H12Br2ClN3/c1-2-5-17-13-10(15)7-18-12(19-13)8-3-4-11(16)9(14)6-8/h3-4,6-7H,2,5H2,1H3,(H,17,18,19). The fraction of sp³-hybridized carbons (Fsp3) is 0.231. The summed E-state index contributed by atoms with van der Waals surface area (Å²) in [7, 11) is 0. The molecule has 1 heterocycles. The molecular weight excluding hydrogens is 393 g/mol. The molecule has 0 radical (unpaired) electrons. The largest absolute Gasteiger partial charge is 0.369 e. The van der Waals surface area contributed by atoms with Crippen molar-refractivity contribution in [2.24, 2.45) is 0 Å². The average Bonchev–Trinajstić information content (AvgIpc) is 2.41. The second-order valence-electron chi connectivity index (χ2n) is 3.95. The minimum absolute atomic E-state index is 0.666. The maximum absolute atomic E-state index is 5.99. The first kappa shape index (κ1) is 14.8. The molecule has 0 atom stereocenters. The van der Waals surface area contributed by atoms with Gasteiger partial charge in [-0.2, -0.15) is 0 Å². The lowest BCUT2D eigenvalue weighted by Gasteiger charge is -2.08. The van der Waals surface area contributed by atoms with Crippen molar-refractivity contribution >= 4 is 49.3 Å². The van der Waals surface area contributed by atoms with Gasteiger partial charge in [-0.1, -0.05) is 18.5 Å². The highest BCUT2D eigenvalue weighted by atomic mass is 79.9. The molecule has 2 rings (SSSR count). The lowest BCUT2D eigenvalue weighted by atomic mass is 10.2. The third kappa shape index (κ3) is 3.68. The summed E-state index contributed by atoms with van der Waals surface area (Å²) in [4.78, 5) is 8.84. The molecule has 2 aromatic rings. The summed E-state index contributed by atoms with van der Waals surface area (Å²) >= 11 is 12.8. The summed E-state index contributed by atoms with van der Waals surface area (Å²) in [5, 5.41) is 3.93. The van der Waals surface area contributed by atoms with Gasteiger partial charge in [-0.3, -0.25) is 0 Å². The predicted molar refractivity (Wildman–Crippen MR) is 86.7 cm³/mol. The molecule has 0 aliphatic heterocycles. The van der Waals surface area contributed by atoms with Gasteiger partial charge in [0.25, 0.3) is 0 Å². The Morgan fingerprint density at radius 3 is 2.74 bits per heavy atom. The van der Waals surface area contributed by atoms with E-state index in [1.165, 1.54) is 0 Å². The SMILES string of the molecule is CCCNc1nc(-c2ccc(Cl)c(Br)c2)ncc1Br. The van der Waals surface area contributed by atoms with Gasteiger partial charge < -0.3 is 5.32 Å². The quantitative estimate of drug-likeness (QED) is 0.765. The first-order chi connectivity index (χ1) is 9.11. The Bertz CT molecular complexity index is 590. The van der Waals surface area contributed by atoms with Crippen LogP contribution in [-0.2, 0) is 0 Å². The summed E-state index contributed by atoms with van der Waals surface area (Å²) in [5.41, 5.74) is 0.920. The fourth-order valence-electron chi connectivity index (χ4n) is 1.51. The number of anilines is 1. The van der Waals surface area contributed by atoms with Crippen LogP contribution in [0.1, 0.15) is 13.3 Å². The molecule has 0 fully saturated rings. The van der Waals surface area contributed by atoms with Crippen molar-refractivity contribution in [1.82, 2.24) is 9.97 Å². The van der Waals surface area contributed by atoms with Crippen molar-refractivity contribution in [3.63, 3.8) is 0 Å². The Kier molecular flexibility index (Phi) is 5.19. The van der Waals surface area contributed by atoms with Crippen LogP contribution in [-0.4, -0.2) is 16.5 Å². The Hall–Kier alpha value is -0.650. The number of hydrogen-bond acceptors (Lipinski definition) is 3. The van der Waals surface area contributed by atoms with Gasteiger partial charge >= 0.3 is 0 Å². The van der Waals surface area contributed by atoms with Crippen LogP contribution in [0.15, 0.2) is 33.3 Å². The molecule has 0 bridgehead atoms. The van der Waals surface area contributed by atoms with Crippen molar-refractivity contribution in [2.45, 2.75) is 13.3 Å². The molecule has 3 nitrogen and oxygen atoms in total. The topological polar surface area (TPSA) is 37.8 Å². The molecule has 6 heteroatoms. The third-order valence-electron chi connectivity index (χ3n) is 2.46. The molecule has 0 spiro atoms. The van der Waals surface area contributed by atoms with E-state index in [4.69, 9.17) is 11.6 Å². The highest BCUT2D eigenvalue weighted by Gasteiger charge is 2.08. The first-order valence-electron chi connectivity index (χ1n) is 5.83. The molecule has 0 saturated carbocycles. The maximum Gasteiger partial charge on any atom is 0.161 e. The zero-order valence-corrected chi connectivity index (χ0v) is 14.2. The van der Waals surface area contributed by atoms with Crippen LogP contribution in [0.25, 0.3) is 11.4 Å². The molecule has 1 aromatic heterocycles. The summed E-state index contributed by atoms with van der Waals surface area (Å²) in [6.07, 6.45) is 2.79. The van der Waals surface area contributed by atoms with Gasteiger partial charge in [0, 0.05) is 22.8 Å². The number of benzene rings is 1. The number of halogens is 3. The summed E-state index contributed by atoms with van der Waals surface area (Å²) in [6.45, 7) is 2.98. The van der Waals surface area contributed by atoms with Crippen LogP contribution in [0.3, 0.4) is 0 Å². The molecule has 0 aliphatic rings. The monoisotopic (exact) mass is 403 g/mol. The number of nitrogens with zero attached hydrogens (tertiary/aromatic N) is 2. The van der Waals surface area contributed by atoms with E-state index in [2.05, 4.69) is 54.1 Å². The molecule has 100 valence electrons. The van der Waals surface area contributed by atoms with Crippen LogP contribution in [0.4, 0.5) is 5.82 Å². The van der Waals surface area contributed by atoms with E-state index >= 15 is 0 Å². The lowest BCUT2D eigenvalue weighted by molar-refractivity contribution is 0.963. The summed E-state index contributed by atoms with van der Waals surface area (Å²) < 4.78 is 1.69. The van der Waals surface area contributed by atoms with Crippen molar-refractivity contribution in [2.75, 3.05) is 11.9 Å². The van der Waals surface area contributed by atoms with E-state index < -0.39 is 0 Å². The minimum atomic E-state index is 0.666.